The molecule has 1 aliphatic rings. The lowest BCUT2D eigenvalue weighted by Crippen LogP contribution is -2.11. The minimum absolute atomic E-state index is 0.500. The average molecular weight is 158 g/mol. The first kappa shape index (κ1) is 10.7. The number of ether oxygens (including phenoxy) is 2. The van der Waals surface area contributed by atoms with Gasteiger partial charge in [-0.1, -0.05) is 19.4 Å². The zero-order chi connectivity index (χ0) is 8.36. The highest BCUT2D eigenvalue weighted by atomic mass is 16.7. The highest BCUT2D eigenvalue weighted by Gasteiger charge is 1.94. The topological polar surface area (TPSA) is 18.5 Å². The fraction of sp³-hybridized carbons (Fsp3) is 0.778. The second-order valence-corrected chi connectivity index (χ2v) is 2.37. The largest absolute Gasteiger partial charge is 0.355 e. The second kappa shape index (κ2) is 9.66. The molecular formula is C9H18O2. The third kappa shape index (κ3) is 9.66. The summed E-state index contributed by atoms with van der Waals surface area (Å²) in [5.41, 5.74) is 0. The highest BCUT2D eigenvalue weighted by Crippen LogP contribution is 1.91. The summed E-state index contributed by atoms with van der Waals surface area (Å²) in [5, 5.41) is 0. The molecule has 0 aromatic heterocycles. The first-order valence-electron chi connectivity index (χ1n) is 4.18. The molecule has 0 saturated carbocycles. The van der Waals surface area contributed by atoms with E-state index >= 15 is 0 Å². The summed E-state index contributed by atoms with van der Waals surface area (Å²) in [5.74, 6) is 0. The summed E-state index contributed by atoms with van der Waals surface area (Å²) in [6.07, 6.45) is 5.36. The molecule has 1 heterocycles. The van der Waals surface area contributed by atoms with E-state index in [0.717, 1.165) is 26.1 Å². The third-order valence-electron chi connectivity index (χ3n) is 1.24. The Labute approximate surface area is 69.2 Å². The molecule has 2 nitrogen and oxygen atoms in total. The van der Waals surface area contributed by atoms with Crippen LogP contribution in [0, 0.1) is 0 Å². The molecule has 11 heavy (non-hydrogen) atoms. The third-order valence-corrected chi connectivity index (χ3v) is 1.24. The van der Waals surface area contributed by atoms with Crippen molar-refractivity contribution in [2.75, 3.05) is 20.0 Å². The van der Waals surface area contributed by atoms with Crippen LogP contribution in [-0.4, -0.2) is 20.0 Å². The van der Waals surface area contributed by atoms with E-state index in [9.17, 15) is 0 Å². The molecule has 0 bridgehead atoms. The maximum atomic E-state index is 4.85. The number of unbranched alkanes of at least 4 members (excludes halogenated alkanes) is 1. The molecule has 1 rings (SSSR count). The SMILES string of the molecule is C1COCOC1.C=CCCC. The lowest BCUT2D eigenvalue weighted by Gasteiger charge is -2.09. The van der Waals surface area contributed by atoms with E-state index in [1.807, 2.05) is 6.08 Å². The Morgan fingerprint density at radius 1 is 1.36 bits per heavy atom. The smallest absolute Gasteiger partial charge is 0.146 e. The molecule has 0 aromatic rings. The minimum Gasteiger partial charge on any atom is -0.355 e. The van der Waals surface area contributed by atoms with Gasteiger partial charge in [-0.25, -0.2) is 0 Å². The maximum absolute atomic E-state index is 4.85. The van der Waals surface area contributed by atoms with Crippen molar-refractivity contribution in [2.24, 2.45) is 0 Å². The van der Waals surface area contributed by atoms with Crippen molar-refractivity contribution < 1.29 is 9.47 Å². The minimum atomic E-state index is 0.500. The van der Waals surface area contributed by atoms with Crippen LogP contribution in [0.5, 0.6) is 0 Å². The van der Waals surface area contributed by atoms with E-state index < -0.39 is 0 Å². The van der Waals surface area contributed by atoms with Gasteiger partial charge < -0.3 is 9.47 Å². The molecule has 0 atom stereocenters. The van der Waals surface area contributed by atoms with Crippen molar-refractivity contribution in [3.8, 4) is 0 Å². The number of rotatable bonds is 2. The van der Waals surface area contributed by atoms with Gasteiger partial charge >= 0.3 is 0 Å². The van der Waals surface area contributed by atoms with E-state index in [-0.39, 0.29) is 0 Å². The number of allylic oxidation sites excluding steroid dienone is 1. The molecule has 1 fully saturated rings. The summed E-state index contributed by atoms with van der Waals surface area (Å²) >= 11 is 0. The lowest BCUT2D eigenvalue weighted by molar-refractivity contribution is -0.0963. The first-order chi connectivity index (χ1) is 5.41. The van der Waals surface area contributed by atoms with Gasteiger partial charge in [0.2, 0.25) is 0 Å². The van der Waals surface area contributed by atoms with Crippen molar-refractivity contribution in [3.63, 3.8) is 0 Å². The summed E-state index contributed by atoms with van der Waals surface area (Å²) in [6.45, 7) is 7.94. The molecule has 66 valence electrons. The van der Waals surface area contributed by atoms with Gasteiger partial charge in [0, 0.05) is 0 Å². The van der Waals surface area contributed by atoms with Crippen LogP contribution in [0.3, 0.4) is 0 Å². The van der Waals surface area contributed by atoms with Crippen LogP contribution in [0.1, 0.15) is 26.2 Å². The molecule has 1 aliphatic heterocycles. The normalized spacial score (nSPS) is 16.5. The quantitative estimate of drug-likeness (QED) is 0.574. The van der Waals surface area contributed by atoms with Gasteiger partial charge in [0.05, 0.1) is 13.2 Å². The van der Waals surface area contributed by atoms with Crippen LogP contribution in [0.2, 0.25) is 0 Å². The predicted octanol–water partition coefficient (Wildman–Crippen LogP) is 2.35. The van der Waals surface area contributed by atoms with Crippen molar-refractivity contribution in [1.82, 2.24) is 0 Å². The van der Waals surface area contributed by atoms with Gasteiger partial charge in [0.1, 0.15) is 6.79 Å². The van der Waals surface area contributed by atoms with Crippen LogP contribution in [0.15, 0.2) is 12.7 Å². The fourth-order valence-electron chi connectivity index (χ4n) is 0.644. The summed E-state index contributed by atoms with van der Waals surface area (Å²) in [4.78, 5) is 0. The van der Waals surface area contributed by atoms with E-state index in [4.69, 9.17) is 9.47 Å². The van der Waals surface area contributed by atoms with E-state index in [1.54, 1.807) is 0 Å². The van der Waals surface area contributed by atoms with Gasteiger partial charge in [-0.3, -0.25) is 0 Å². The summed E-state index contributed by atoms with van der Waals surface area (Å²) < 4.78 is 9.69. The average Bonchev–Trinajstić information content (AvgIpc) is 2.10. The van der Waals surface area contributed by atoms with Crippen molar-refractivity contribution in [1.29, 1.82) is 0 Å². The Morgan fingerprint density at radius 3 is 2.09 bits per heavy atom. The fourth-order valence-corrected chi connectivity index (χ4v) is 0.644. The van der Waals surface area contributed by atoms with Crippen LogP contribution >= 0.6 is 0 Å². The second-order valence-electron chi connectivity index (χ2n) is 2.37. The van der Waals surface area contributed by atoms with Gasteiger partial charge in [0.15, 0.2) is 0 Å². The Kier molecular flexibility index (Phi) is 9.36. The Balaban J connectivity index is 0.000000187. The number of hydrogen-bond donors (Lipinski definition) is 0. The van der Waals surface area contributed by atoms with Crippen LogP contribution < -0.4 is 0 Å². The zero-order valence-corrected chi connectivity index (χ0v) is 7.34. The van der Waals surface area contributed by atoms with Gasteiger partial charge in [-0.15, -0.1) is 6.58 Å². The van der Waals surface area contributed by atoms with E-state index in [0.29, 0.717) is 6.79 Å². The predicted molar refractivity (Wildman–Crippen MR) is 46.5 cm³/mol. The van der Waals surface area contributed by atoms with Crippen molar-refractivity contribution in [3.05, 3.63) is 12.7 Å². The van der Waals surface area contributed by atoms with Crippen LogP contribution in [0.4, 0.5) is 0 Å². The first-order valence-corrected chi connectivity index (χ1v) is 4.18. The van der Waals surface area contributed by atoms with Crippen molar-refractivity contribution in [2.45, 2.75) is 26.2 Å². The number of hydrogen-bond acceptors (Lipinski definition) is 2. The van der Waals surface area contributed by atoms with Gasteiger partial charge in [-0.05, 0) is 12.8 Å². The van der Waals surface area contributed by atoms with Gasteiger partial charge in [0.25, 0.3) is 0 Å². The lowest BCUT2D eigenvalue weighted by atomic mass is 10.3. The van der Waals surface area contributed by atoms with Gasteiger partial charge in [-0.2, -0.15) is 0 Å². The molecule has 0 radical (unpaired) electrons. The van der Waals surface area contributed by atoms with Crippen LogP contribution in [-0.2, 0) is 9.47 Å². The Hall–Kier alpha value is -0.340. The molecule has 2 heteroatoms. The molecular weight excluding hydrogens is 140 g/mol. The summed E-state index contributed by atoms with van der Waals surface area (Å²) in [6, 6.07) is 0. The van der Waals surface area contributed by atoms with E-state index in [2.05, 4.69) is 13.5 Å². The van der Waals surface area contributed by atoms with E-state index in [1.165, 1.54) is 6.42 Å². The zero-order valence-electron chi connectivity index (χ0n) is 7.34. The summed E-state index contributed by atoms with van der Waals surface area (Å²) in [7, 11) is 0. The standard InChI is InChI=1S/C5H10.C4H8O2/c1-3-5-4-2;1-2-5-4-6-3-1/h3H,1,4-5H2,2H3;1-4H2. The van der Waals surface area contributed by atoms with Crippen molar-refractivity contribution >= 4 is 0 Å². The maximum Gasteiger partial charge on any atom is 0.146 e. The molecule has 0 aliphatic carbocycles. The Bertz CT molecular complexity index is 66.1. The molecule has 0 aromatic carbocycles. The molecule has 0 spiro atoms. The molecule has 0 N–H and O–H groups in total. The molecule has 0 unspecified atom stereocenters. The Morgan fingerprint density at radius 2 is 2.00 bits per heavy atom. The molecule has 1 saturated heterocycles. The van der Waals surface area contributed by atoms with Crippen LogP contribution in [0.25, 0.3) is 0 Å². The highest BCUT2D eigenvalue weighted by molar-refractivity contribution is 4.63. The monoisotopic (exact) mass is 158 g/mol. The molecule has 0 amide bonds.